The summed E-state index contributed by atoms with van der Waals surface area (Å²) >= 11 is 1.28. The topological polar surface area (TPSA) is 63.6 Å². The van der Waals surface area contributed by atoms with Gasteiger partial charge in [-0.15, -0.1) is 11.8 Å². The minimum Gasteiger partial charge on any atom is -0.478 e. The molecule has 0 unspecified atom stereocenters. The van der Waals surface area contributed by atoms with Gasteiger partial charge in [0.25, 0.3) is 0 Å². The van der Waals surface area contributed by atoms with E-state index in [-0.39, 0.29) is 11.5 Å². The first-order chi connectivity index (χ1) is 8.77. The average Bonchev–Trinajstić information content (AvgIpc) is 2.36. The summed E-state index contributed by atoms with van der Waals surface area (Å²) in [6, 6.07) is 3.85. The van der Waals surface area contributed by atoms with Crippen molar-refractivity contribution in [2.45, 2.75) is 18.7 Å². The molecule has 0 saturated carbocycles. The van der Waals surface area contributed by atoms with E-state index in [1.165, 1.54) is 31.0 Å². The molecule has 0 bridgehead atoms. The summed E-state index contributed by atoms with van der Waals surface area (Å²) in [5.41, 5.74) is -1.07. The molecule has 4 nitrogen and oxygen atoms in total. The summed E-state index contributed by atoms with van der Waals surface area (Å²) in [6.45, 7) is 3.46. The second kappa shape index (κ2) is 6.06. The number of ether oxygens (including phenoxy) is 1. The molecule has 0 aliphatic rings. The van der Waals surface area contributed by atoms with Crippen molar-refractivity contribution in [3.8, 4) is 0 Å². The molecule has 1 aromatic carbocycles. The quantitative estimate of drug-likeness (QED) is 0.666. The summed E-state index contributed by atoms with van der Waals surface area (Å²) in [5.74, 6) is -2.03. The molecule has 104 valence electrons. The lowest BCUT2D eigenvalue weighted by molar-refractivity contribution is -0.149. The zero-order valence-electron chi connectivity index (χ0n) is 10.9. The van der Waals surface area contributed by atoms with Gasteiger partial charge in [0.05, 0.1) is 18.1 Å². The highest BCUT2D eigenvalue weighted by atomic mass is 32.2. The molecule has 0 aromatic heterocycles. The first kappa shape index (κ1) is 15.5. The number of halogens is 1. The minimum atomic E-state index is -1.31. The van der Waals surface area contributed by atoms with Crippen molar-refractivity contribution in [1.82, 2.24) is 0 Å². The van der Waals surface area contributed by atoms with Crippen molar-refractivity contribution >= 4 is 23.7 Å². The van der Waals surface area contributed by atoms with Crippen LogP contribution in [-0.2, 0) is 9.53 Å². The summed E-state index contributed by atoms with van der Waals surface area (Å²) < 4.78 is 17.9. The van der Waals surface area contributed by atoms with E-state index in [0.717, 1.165) is 6.07 Å². The van der Waals surface area contributed by atoms with Gasteiger partial charge in [-0.3, -0.25) is 4.79 Å². The van der Waals surface area contributed by atoms with Gasteiger partial charge in [0.2, 0.25) is 0 Å². The predicted octanol–water partition coefficient (Wildman–Crippen LogP) is 2.82. The first-order valence-electron chi connectivity index (χ1n) is 5.52. The van der Waals surface area contributed by atoms with Gasteiger partial charge in [0.15, 0.2) is 0 Å². The first-order valence-corrected chi connectivity index (χ1v) is 6.50. The third-order valence-electron chi connectivity index (χ3n) is 2.51. The Labute approximate surface area is 115 Å². The van der Waals surface area contributed by atoms with E-state index < -0.39 is 17.2 Å². The highest BCUT2D eigenvalue weighted by Crippen LogP contribution is 2.29. The van der Waals surface area contributed by atoms with Crippen LogP contribution in [0.1, 0.15) is 24.2 Å². The molecule has 19 heavy (non-hydrogen) atoms. The standard InChI is InChI=1S/C13H15FO4S/c1-13(2,12(17)18-3)7-19-8-4-5-10(14)9(6-8)11(15)16/h4-6H,7H2,1-3H3,(H,15,16). The Bertz CT molecular complexity index is 499. The van der Waals surface area contributed by atoms with Crippen LogP contribution in [0.5, 0.6) is 0 Å². The van der Waals surface area contributed by atoms with E-state index in [0.29, 0.717) is 10.6 Å². The number of carbonyl (C=O) groups excluding carboxylic acids is 1. The van der Waals surface area contributed by atoms with Gasteiger partial charge < -0.3 is 9.84 Å². The Morgan fingerprint density at radius 2 is 2.05 bits per heavy atom. The lowest BCUT2D eigenvalue weighted by Crippen LogP contribution is -2.28. The van der Waals surface area contributed by atoms with Crippen LogP contribution in [0.3, 0.4) is 0 Å². The highest BCUT2D eigenvalue weighted by molar-refractivity contribution is 7.99. The van der Waals surface area contributed by atoms with Crippen molar-refractivity contribution < 1.29 is 23.8 Å². The second-order valence-electron chi connectivity index (χ2n) is 4.61. The fraction of sp³-hybridized carbons (Fsp3) is 0.385. The molecule has 0 heterocycles. The molecule has 1 aromatic rings. The van der Waals surface area contributed by atoms with Crippen LogP contribution < -0.4 is 0 Å². The van der Waals surface area contributed by atoms with E-state index in [2.05, 4.69) is 4.74 Å². The van der Waals surface area contributed by atoms with Gasteiger partial charge in [-0.25, -0.2) is 9.18 Å². The van der Waals surface area contributed by atoms with Crippen molar-refractivity contribution in [3.05, 3.63) is 29.6 Å². The molecule has 0 aliphatic heterocycles. The molecule has 0 amide bonds. The zero-order chi connectivity index (χ0) is 14.6. The van der Waals surface area contributed by atoms with Crippen LogP contribution in [0.25, 0.3) is 0 Å². The molecule has 6 heteroatoms. The highest BCUT2D eigenvalue weighted by Gasteiger charge is 2.28. The van der Waals surface area contributed by atoms with Gasteiger partial charge in [0, 0.05) is 10.6 Å². The van der Waals surface area contributed by atoms with Crippen LogP contribution >= 0.6 is 11.8 Å². The van der Waals surface area contributed by atoms with Gasteiger partial charge in [-0.2, -0.15) is 0 Å². The molecule has 0 aliphatic carbocycles. The molecule has 0 fully saturated rings. The number of carboxylic acids is 1. The molecule has 1 rings (SSSR count). The maximum atomic E-state index is 13.2. The number of hydrogen-bond acceptors (Lipinski definition) is 4. The summed E-state index contributed by atoms with van der Waals surface area (Å²) in [6.07, 6.45) is 0. The fourth-order valence-corrected chi connectivity index (χ4v) is 2.37. The maximum absolute atomic E-state index is 13.2. The van der Waals surface area contributed by atoms with E-state index in [4.69, 9.17) is 5.11 Å². The summed E-state index contributed by atoms with van der Waals surface area (Å²) in [7, 11) is 1.31. The smallest absolute Gasteiger partial charge is 0.338 e. The molecule has 0 saturated heterocycles. The zero-order valence-corrected chi connectivity index (χ0v) is 11.7. The number of thioether (sulfide) groups is 1. The number of hydrogen-bond donors (Lipinski definition) is 1. The van der Waals surface area contributed by atoms with Gasteiger partial charge in [-0.1, -0.05) is 0 Å². The number of carbonyl (C=O) groups is 2. The van der Waals surface area contributed by atoms with Crippen molar-refractivity contribution in [1.29, 1.82) is 0 Å². The molecule has 0 spiro atoms. The van der Waals surface area contributed by atoms with Gasteiger partial charge >= 0.3 is 11.9 Å². The molecule has 0 atom stereocenters. The number of methoxy groups -OCH3 is 1. The number of carboxylic acid groups (broad SMARTS) is 1. The normalized spacial score (nSPS) is 11.2. The SMILES string of the molecule is COC(=O)C(C)(C)CSc1ccc(F)c(C(=O)O)c1. The maximum Gasteiger partial charge on any atom is 0.338 e. The van der Waals surface area contributed by atoms with E-state index >= 15 is 0 Å². The average molecular weight is 286 g/mol. The second-order valence-corrected chi connectivity index (χ2v) is 5.66. The van der Waals surface area contributed by atoms with E-state index in [1.54, 1.807) is 13.8 Å². The minimum absolute atomic E-state index is 0.347. The third-order valence-corrected chi connectivity index (χ3v) is 3.96. The Balaban J connectivity index is 2.82. The summed E-state index contributed by atoms with van der Waals surface area (Å²) in [5, 5.41) is 8.82. The monoisotopic (exact) mass is 286 g/mol. The predicted molar refractivity (Wildman–Crippen MR) is 69.9 cm³/mol. The number of rotatable bonds is 5. The van der Waals surface area contributed by atoms with E-state index in [9.17, 15) is 14.0 Å². The van der Waals surface area contributed by atoms with Crippen LogP contribution in [0.15, 0.2) is 23.1 Å². The number of aromatic carboxylic acids is 1. The Kier molecular flexibility index (Phi) is 4.94. The van der Waals surface area contributed by atoms with Crippen molar-refractivity contribution in [2.24, 2.45) is 5.41 Å². The van der Waals surface area contributed by atoms with Crippen LogP contribution in [0, 0.1) is 11.2 Å². The molecule has 1 N–H and O–H groups in total. The number of esters is 1. The molecular weight excluding hydrogens is 271 g/mol. The van der Waals surface area contributed by atoms with Crippen LogP contribution in [0.4, 0.5) is 4.39 Å². The molecule has 0 radical (unpaired) electrons. The van der Waals surface area contributed by atoms with Gasteiger partial charge in [-0.05, 0) is 32.0 Å². The van der Waals surface area contributed by atoms with Crippen molar-refractivity contribution in [2.75, 3.05) is 12.9 Å². The molecular formula is C13H15FO4S. The van der Waals surface area contributed by atoms with Crippen LogP contribution in [-0.4, -0.2) is 29.9 Å². The van der Waals surface area contributed by atoms with Gasteiger partial charge in [0.1, 0.15) is 5.82 Å². The Morgan fingerprint density at radius 1 is 1.42 bits per heavy atom. The fourth-order valence-electron chi connectivity index (χ4n) is 1.36. The Hall–Kier alpha value is -1.56. The third kappa shape index (κ3) is 3.96. The Morgan fingerprint density at radius 3 is 2.58 bits per heavy atom. The lowest BCUT2D eigenvalue weighted by Gasteiger charge is -2.20. The van der Waals surface area contributed by atoms with Crippen molar-refractivity contribution in [3.63, 3.8) is 0 Å². The summed E-state index contributed by atoms with van der Waals surface area (Å²) in [4.78, 5) is 22.9. The largest absolute Gasteiger partial charge is 0.478 e. The lowest BCUT2D eigenvalue weighted by atomic mass is 9.97. The number of benzene rings is 1. The van der Waals surface area contributed by atoms with Crippen LogP contribution in [0.2, 0.25) is 0 Å². The van der Waals surface area contributed by atoms with E-state index in [1.807, 2.05) is 0 Å².